The number of carbonyl (C=O) groups excluding carboxylic acids is 2. The van der Waals surface area contributed by atoms with E-state index in [0.717, 1.165) is 11.1 Å². The molecule has 2 aliphatic rings. The third-order valence-electron chi connectivity index (χ3n) is 3.69. The molecule has 2 unspecified atom stereocenters. The highest BCUT2D eigenvalue weighted by Gasteiger charge is 2.48. The second-order valence-corrected chi connectivity index (χ2v) is 10.7. The van der Waals surface area contributed by atoms with Gasteiger partial charge in [-0.2, -0.15) is 8.62 Å². The minimum absolute atomic E-state index is 0.0330. The first-order valence-electron chi connectivity index (χ1n) is 8.41. The summed E-state index contributed by atoms with van der Waals surface area (Å²) in [6.45, 7) is 0.145. The van der Waals surface area contributed by atoms with Crippen molar-refractivity contribution < 1.29 is 71.0 Å². The Morgan fingerprint density at radius 3 is 2.36 bits per heavy atom. The quantitative estimate of drug-likeness (QED) is 0.128. The van der Waals surface area contributed by atoms with E-state index in [1.807, 2.05) is 0 Å². The van der Waals surface area contributed by atoms with Crippen molar-refractivity contribution in [1.82, 2.24) is 10.2 Å². The smallest absolute Gasteiger partial charge is 0.387 e. The van der Waals surface area contributed by atoms with E-state index in [1.165, 1.54) is 18.9 Å². The lowest BCUT2D eigenvalue weighted by atomic mass is 10.1. The molecule has 1 fully saturated rings. The molecule has 0 aliphatic carbocycles. The van der Waals surface area contributed by atoms with Crippen molar-refractivity contribution >= 4 is 41.2 Å². The van der Waals surface area contributed by atoms with Crippen molar-refractivity contribution in [3.63, 3.8) is 0 Å². The van der Waals surface area contributed by atoms with Crippen molar-refractivity contribution in [2.45, 2.75) is 31.5 Å². The molecule has 1 saturated heterocycles. The van der Waals surface area contributed by atoms with E-state index in [4.69, 9.17) is 19.4 Å². The van der Waals surface area contributed by atoms with Gasteiger partial charge in [-0.25, -0.2) is 23.5 Å². The number of nitrogens with one attached hydrogen (secondary N) is 1. The maximum atomic E-state index is 11.8. The van der Waals surface area contributed by atoms with Crippen LogP contribution in [0.3, 0.4) is 0 Å². The van der Waals surface area contributed by atoms with E-state index < -0.39 is 66.3 Å². The number of aliphatic imine (C=N–C) groups is 1. The van der Waals surface area contributed by atoms with E-state index in [2.05, 4.69) is 23.5 Å². The fourth-order valence-corrected chi connectivity index (χ4v) is 5.56. The number of hydrogen-bond donors (Lipinski definition) is 7. The zero-order chi connectivity index (χ0) is 25.2. The van der Waals surface area contributed by atoms with E-state index >= 15 is 0 Å². The number of phosphoric ester groups is 1. The zero-order valence-corrected chi connectivity index (χ0v) is 18.9. The van der Waals surface area contributed by atoms with Crippen LogP contribution in [0.4, 0.5) is 0 Å². The Bertz CT molecular complexity index is 1030. The molecule has 2 aliphatic heterocycles. The van der Waals surface area contributed by atoms with Gasteiger partial charge in [-0.15, -0.1) is 0 Å². The van der Waals surface area contributed by atoms with Gasteiger partial charge >= 0.3 is 23.5 Å². The molecule has 0 spiro atoms. The Morgan fingerprint density at radius 2 is 1.82 bits per heavy atom. The highest BCUT2D eigenvalue weighted by atomic mass is 31.3. The molecule has 0 aromatic carbocycles. The largest absolute Gasteiger partial charge is 0.490 e. The van der Waals surface area contributed by atoms with E-state index in [-0.39, 0.29) is 5.84 Å². The average Bonchev–Trinajstić information content (AvgIpc) is 2.91. The van der Waals surface area contributed by atoms with Gasteiger partial charge in [0.2, 0.25) is 11.7 Å². The molecule has 6 atom stereocenters. The average molecular weight is 537 g/mol. The molecule has 33 heavy (non-hydrogen) atoms. The fourth-order valence-electron chi connectivity index (χ4n) is 2.53. The Morgan fingerprint density at radius 1 is 1.18 bits per heavy atom. The van der Waals surface area contributed by atoms with Crippen LogP contribution in [0.5, 0.6) is 0 Å². The minimum atomic E-state index is -5.75. The molecule has 2 rings (SSSR count). The predicted molar refractivity (Wildman–Crippen MR) is 102 cm³/mol. The highest BCUT2D eigenvalue weighted by Crippen LogP contribution is 2.66. The van der Waals surface area contributed by atoms with E-state index in [9.17, 15) is 38.4 Å². The summed E-state index contributed by atoms with van der Waals surface area (Å²) in [7, 11) is -16.8. The lowest BCUT2D eigenvalue weighted by Crippen LogP contribution is -2.43. The molecule has 18 nitrogen and oxygen atoms in total. The van der Waals surface area contributed by atoms with Crippen LogP contribution >= 0.6 is 23.5 Å². The normalized spacial score (nSPS) is 29.1. The summed E-state index contributed by atoms with van der Waals surface area (Å²) in [5.74, 6) is 0.453. The summed E-state index contributed by atoms with van der Waals surface area (Å²) in [6.07, 6.45) is -4.22. The Balaban J connectivity index is 2.05. The molecule has 7 N–H and O–H groups in total. The number of aliphatic hydroxyl groups excluding tert-OH is 2. The van der Waals surface area contributed by atoms with Gasteiger partial charge in [-0.05, 0) is 6.08 Å². The number of ether oxygens (including phenoxy) is 1. The van der Waals surface area contributed by atoms with Crippen LogP contribution in [0.2, 0.25) is 0 Å². The lowest BCUT2D eigenvalue weighted by Gasteiger charge is -2.29. The fraction of sp³-hybridized carbons (Fsp3) is 0.500. The van der Waals surface area contributed by atoms with Crippen LogP contribution in [-0.4, -0.2) is 83.5 Å². The van der Waals surface area contributed by atoms with Gasteiger partial charge in [-0.3, -0.25) is 14.2 Å². The van der Waals surface area contributed by atoms with Gasteiger partial charge in [0.25, 0.3) is 0 Å². The van der Waals surface area contributed by atoms with Crippen molar-refractivity contribution in [3.8, 4) is 0 Å². The molecule has 186 valence electrons. The van der Waals surface area contributed by atoms with Crippen LogP contribution < -0.4 is 5.32 Å². The second-order valence-electron chi connectivity index (χ2n) is 6.26. The molecule has 0 bridgehead atoms. The monoisotopic (exact) mass is 537 g/mol. The summed E-state index contributed by atoms with van der Waals surface area (Å²) >= 11 is 0. The number of carbonyl (C=O) groups is 1. The maximum Gasteiger partial charge on any atom is 0.490 e. The number of rotatable bonds is 8. The topological polar surface area (TPSA) is 271 Å². The number of phosphoric acid groups is 3. The van der Waals surface area contributed by atoms with Crippen molar-refractivity contribution in [1.29, 1.82) is 0 Å². The Labute approximate surface area is 184 Å². The zero-order valence-electron chi connectivity index (χ0n) is 16.3. The highest BCUT2D eigenvalue weighted by molar-refractivity contribution is 7.66. The molecule has 2 heterocycles. The SMILES string of the molecule is CC(=O)NC1=NC(=C=O)N([C@@H]2O[C@H](COP(=O)(O)OP(=O)(O)OP(=O)(O)O)[C@@H](O)[C@H]2O)C=C1. The third-order valence-corrected chi connectivity index (χ3v) is 7.49. The second kappa shape index (κ2) is 10.4. The van der Waals surface area contributed by atoms with Crippen LogP contribution in [-0.2, 0) is 41.2 Å². The number of amides is 1. The molecule has 0 aromatic rings. The maximum absolute atomic E-state index is 11.8. The van der Waals surface area contributed by atoms with E-state index in [1.54, 1.807) is 0 Å². The third kappa shape index (κ3) is 8.00. The summed E-state index contributed by atoms with van der Waals surface area (Å²) in [5, 5.41) is 22.7. The first-order chi connectivity index (χ1) is 15.0. The summed E-state index contributed by atoms with van der Waals surface area (Å²) in [4.78, 5) is 62.6. The van der Waals surface area contributed by atoms with Gasteiger partial charge in [0.1, 0.15) is 24.1 Å². The molecule has 0 saturated carbocycles. The molecule has 1 amide bonds. The van der Waals surface area contributed by atoms with E-state index in [0.29, 0.717) is 0 Å². The molecule has 0 aromatic heterocycles. The van der Waals surface area contributed by atoms with Gasteiger partial charge in [-0.1, -0.05) is 0 Å². The van der Waals surface area contributed by atoms with Gasteiger partial charge in [0.15, 0.2) is 12.2 Å². The van der Waals surface area contributed by atoms with Crippen LogP contribution in [0, 0.1) is 0 Å². The summed E-state index contributed by atoms with van der Waals surface area (Å²) in [5.41, 5.74) is 0. The van der Waals surface area contributed by atoms with Crippen molar-refractivity contribution in [2.75, 3.05) is 6.61 Å². The molecular formula is C12H18N3O15P3. The number of aliphatic hydroxyl groups is 2. The predicted octanol–water partition coefficient (Wildman–Crippen LogP) is -2.19. The van der Waals surface area contributed by atoms with Crippen LogP contribution in [0.1, 0.15) is 6.92 Å². The van der Waals surface area contributed by atoms with Gasteiger partial charge in [0.05, 0.1) is 6.61 Å². The number of hydrogen-bond acceptors (Lipinski definition) is 13. The Kier molecular flexibility index (Phi) is 8.68. The molecule has 0 radical (unpaired) electrons. The standard InChI is InChI=1S/C12H18N3O15P3/c1-6(17)13-8-2-3-15(9(4-16)14-8)12-11(19)10(18)7(28-12)5-27-32(23,24)30-33(25,26)29-31(20,21)22/h2-3,7,10-12,18-19H,5H2,1H3,(H,23,24)(H,25,26)(H,13,14,17)(H2,20,21,22)/t7-,10-,11-,12-/m1/s1. The van der Waals surface area contributed by atoms with Gasteiger partial charge in [0, 0.05) is 13.1 Å². The summed E-state index contributed by atoms with van der Waals surface area (Å²) in [6, 6.07) is 0. The first kappa shape index (κ1) is 27.7. The van der Waals surface area contributed by atoms with Gasteiger partial charge < -0.3 is 39.8 Å². The van der Waals surface area contributed by atoms with Crippen LogP contribution in [0.25, 0.3) is 0 Å². The van der Waals surface area contributed by atoms with Crippen molar-refractivity contribution in [2.24, 2.45) is 4.99 Å². The van der Waals surface area contributed by atoms with Crippen molar-refractivity contribution in [3.05, 3.63) is 18.1 Å². The molecule has 21 heteroatoms. The molecular weight excluding hydrogens is 519 g/mol. The first-order valence-corrected chi connectivity index (χ1v) is 12.9. The minimum Gasteiger partial charge on any atom is -0.387 e. The number of nitrogens with zero attached hydrogens (tertiary/aromatic N) is 2. The van der Waals surface area contributed by atoms with Crippen LogP contribution in [0.15, 0.2) is 23.1 Å². The number of amidine groups is 1. The lowest BCUT2D eigenvalue weighted by molar-refractivity contribution is -0.117. The summed E-state index contributed by atoms with van der Waals surface area (Å²) < 4.78 is 50.5. The Hall–Kier alpha value is -1.58.